The first-order chi connectivity index (χ1) is 10.6. The average Bonchev–Trinajstić information content (AvgIpc) is 2.47. The van der Waals surface area contributed by atoms with E-state index in [-0.39, 0.29) is 23.8 Å². The second kappa shape index (κ2) is 34.2. The largest absolute Gasteiger partial charge is 2.00 e. The van der Waals surface area contributed by atoms with Crippen LogP contribution >= 0.6 is 24.8 Å². The van der Waals surface area contributed by atoms with Crippen LogP contribution in [0.15, 0.2) is 0 Å². The zero-order valence-corrected chi connectivity index (χ0v) is 20.6. The minimum absolute atomic E-state index is 0. The fourth-order valence-electron chi connectivity index (χ4n) is 1.91. The summed E-state index contributed by atoms with van der Waals surface area (Å²) >= 11 is 7.65. The molecule has 2 N–H and O–H groups in total. The summed E-state index contributed by atoms with van der Waals surface area (Å²) in [6, 6.07) is 0. The van der Waals surface area contributed by atoms with Gasteiger partial charge >= 0.3 is 19.5 Å². The minimum Gasteiger partial charge on any atom is -0.385 e. The van der Waals surface area contributed by atoms with Crippen molar-refractivity contribution in [3.63, 3.8) is 0 Å². The third-order valence-electron chi connectivity index (χ3n) is 3.21. The van der Waals surface area contributed by atoms with Crippen molar-refractivity contribution in [2.75, 3.05) is 0 Å². The van der Waals surface area contributed by atoms with E-state index in [1.54, 1.807) is 0 Å². The molecule has 0 spiro atoms. The van der Waals surface area contributed by atoms with E-state index in [1.807, 2.05) is 0 Å². The van der Waals surface area contributed by atoms with Crippen LogP contribution in [-0.2, 0) is 19.5 Å². The van der Waals surface area contributed by atoms with Crippen LogP contribution in [0.4, 0.5) is 0 Å². The monoisotopic (exact) mass is 411 g/mol. The molecule has 0 fully saturated rings. The van der Waals surface area contributed by atoms with Gasteiger partial charge in [0.15, 0.2) is 0 Å². The fourth-order valence-corrected chi connectivity index (χ4v) is 1.91. The molecule has 0 aliphatic carbocycles. The van der Waals surface area contributed by atoms with E-state index in [2.05, 4.69) is 52.5 Å². The molecule has 0 unspecified atom stereocenters. The van der Waals surface area contributed by atoms with Crippen molar-refractivity contribution in [3.8, 4) is 0 Å². The molecule has 1 nitrogen and oxygen atoms in total. The fraction of sp³-hybridized carbons (Fsp3) is 0.842. The van der Waals surface area contributed by atoms with Gasteiger partial charge in [-0.2, -0.15) is 12.8 Å². The number of thiocarbonyl (C=S) groups is 1. The van der Waals surface area contributed by atoms with Gasteiger partial charge in [0, 0.05) is 0 Å². The normalized spacial score (nSPS) is 8.91. The van der Waals surface area contributed by atoms with Crippen LogP contribution in [0.5, 0.6) is 0 Å². The Kier molecular flexibility index (Phi) is 47.1. The van der Waals surface area contributed by atoms with Gasteiger partial charge in [0.25, 0.3) is 0 Å². The molecule has 0 saturated heterocycles. The predicted molar refractivity (Wildman–Crippen MR) is 112 cm³/mol. The maximum Gasteiger partial charge on any atom is 2.00 e. The van der Waals surface area contributed by atoms with E-state index in [1.165, 1.54) is 77.0 Å². The molecule has 0 atom stereocenters. The molecule has 0 aliphatic heterocycles. The SMILES string of the molecule is NC(=S)S.[CH2-]CCCCCCCC.[CH2-]CCCCCCCC.[Zn+2]. The molecule has 0 rings (SSSR count). The Labute approximate surface area is 171 Å². The molecule has 23 heavy (non-hydrogen) atoms. The molecule has 0 amide bonds. The van der Waals surface area contributed by atoms with E-state index in [0.717, 1.165) is 12.8 Å². The Hall–Kier alpha value is 0.863. The maximum atomic E-state index is 4.71. The summed E-state index contributed by atoms with van der Waals surface area (Å²) < 4.78 is 0.194. The molecule has 0 bridgehead atoms. The van der Waals surface area contributed by atoms with Gasteiger partial charge < -0.3 is 19.6 Å². The van der Waals surface area contributed by atoms with Crippen molar-refractivity contribution in [1.29, 1.82) is 0 Å². The third kappa shape index (κ3) is 60.1. The summed E-state index contributed by atoms with van der Waals surface area (Å²) in [6.07, 6.45) is 18.9. The van der Waals surface area contributed by atoms with Crippen molar-refractivity contribution in [2.24, 2.45) is 5.73 Å². The number of hydrogen-bond donors (Lipinski definition) is 2. The predicted octanol–water partition coefficient (Wildman–Crippen LogP) is 7.30. The molecule has 0 aliphatic rings. The summed E-state index contributed by atoms with van der Waals surface area (Å²) in [5.74, 6) is 0. The topological polar surface area (TPSA) is 26.0 Å². The minimum atomic E-state index is 0. The number of rotatable bonds is 12. The Bertz CT molecular complexity index is 160. The molecule has 0 radical (unpaired) electrons. The molecule has 0 aromatic heterocycles. The van der Waals surface area contributed by atoms with Gasteiger partial charge in [0.2, 0.25) is 0 Å². The summed E-state index contributed by atoms with van der Waals surface area (Å²) in [5, 5.41) is 0. The van der Waals surface area contributed by atoms with Crippen LogP contribution in [-0.4, -0.2) is 4.32 Å². The molecular weight excluding hydrogens is 372 g/mol. The first-order valence-electron chi connectivity index (χ1n) is 9.13. The van der Waals surface area contributed by atoms with Crippen LogP contribution in [0, 0.1) is 13.8 Å². The van der Waals surface area contributed by atoms with Crippen LogP contribution in [0.1, 0.15) is 104 Å². The molecule has 4 heteroatoms. The standard InChI is InChI=1S/2C9H19.CH3NS2.Zn/c2*1-3-5-7-9-8-6-4-2;2-1(3)4;/h2*1,3-9H2,2H3;(H3,2,3,4);/q2*-1;;+2. The number of unbranched alkanes of at least 4 members (excludes halogenated alkanes) is 12. The van der Waals surface area contributed by atoms with E-state index in [0.29, 0.717) is 0 Å². The molecule has 0 saturated carbocycles. The van der Waals surface area contributed by atoms with Gasteiger partial charge in [-0.15, -0.1) is 12.6 Å². The summed E-state index contributed by atoms with van der Waals surface area (Å²) in [4.78, 5) is 0. The van der Waals surface area contributed by atoms with Crippen LogP contribution in [0.2, 0.25) is 0 Å². The van der Waals surface area contributed by atoms with Crippen molar-refractivity contribution in [2.45, 2.75) is 104 Å². The van der Waals surface area contributed by atoms with Crippen molar-refractivity contribution in [1.82, 2.24) is 0 Å². The van der Waals surface area contributed by atoms with E-state index >= 15 is 0 Å². The third-order valence-corrected chi connectivity index (χ3v) is 3.21. The Morgan fingerprint density at radius 1 is 0.739 bits per heavy atom. The van der Waals surface area contributed by atoms with Crippen LogP contribution in [0.3, 0.4) is 0 Å². The summed E-state index contributed by atoms with van der Waals surface area (Å²) in [6.45, 7) is 12.1. The molecule has 0 aromatic rings. The first kappa shape index (κ1) is 31.6. The number of nitrogens with two attached hydrogens (primary N) is 1. The van der Waals surface area contributed by atoms with Gasteiger partial charge in [-0.25, -0.2) is 0 Å². The zero-order chi connectivity index (χ0) is 17.5. The Morgan fingerprint density at radius 2 is 0.957 bits per heavy atom. The van der Waals surface area contributed by atoms with Crippen molar-refractivity contribution < 1.29 is 19.5 Å². The van der Waals surface area contributed by atoms with Gasteiger partial charge in [-0.3, -0.25) is 0 Å². The van der Waals surface area contributed by atoms with E-state index < -0.39 is 0 Å². The van der Waals surface area contributed by atoms with Crippen LogP contribution in [0.25, 0.3) is 0 Å². The average molecular weight is 413 g/mol. The quantitative estimate of drug-likeness (QED) is 0.115. The maximum absolute atomic E-state index is 4.71. The number of hydrogen-bond acceptors (Lipinski definition) is 1. The van der Waals surface area contributed by atoms with Crippen molar-refractivity contribution in [3.05, 3.63) is 13.8 Å². The molecule has 0 heterocycles. The van der Waals surface area contributed by atoms with Gasteiger partial charge in [-0.05, 0) is 0 Å². The second-order valence-electron chi connectivity index (χ2n) is 5.58. The summed E-state index contributed by atoms with van der Waals surface area (Å²) in [7, 11) is 0. The number of thiol groups is 1. The van der Waals surface area contributed by atoms with Gasteiger partial charge in [0.05, 0.1) is 0 Å². The molecule has 0 aromatic carbocycles. The smallest absolute Gasteiger partial charge is 0.385 e. The first-order valence-corrected chi connectivity index (χ1v) is 9.99. The second-order valence-corrected chi connectivity index (χ2v) is 6.81. The molecule has 136 valence electrons. The van der Waals surface area contributed by atoms with Crippen LogP contribution < -0.4 is 5.73 Å². The summed E-state index contributed by atoms with van der Waals surface area (Å²) in [5.41, 5.74) is 4.71. The Morgan fingerprint density at radius 3 is 1.17 bits per heavy atom. The van der Waals surface area contributed by atoms with E-state index in [4.69, 9.17) is 5.73 Å². The van der Waals surface area contributed by atoms with E-state index in [9.17, 15) is 0 Å². The zero-order valence-electron chi connectivity index (χ0n) is 16.0. The van der Waals surface area contributed by atoms with Gasteiger partial charge in [-0.1, -0.05) is 103 Å². The van der Waals surface area contributed by atoms with Crippen molar-refractivity contribution >= 4 is 29.2 Å². The molecular formula is C19H41NS2Zn. The Balaban J connectivity index is -0.000000124. The van der Waals surface area contributed by atoms with Gasteiger partial charge in [0.1, 0.15) is 4.32 Å².